The van der Waals surface area contributed by atoms with Crippen molar-refractivity contribution in [1.29, 1.82) is 0 Å². The first-order valence-electron chi connectivity index (χ1n) is 12.6. The highest BCUT2D eigenvalue weighted by atomic mass is 35.5. The molecule has 0 fully saturated rings. The van der Waals surface area contributed by atoms with Gasteiger partial charge in [-0.3, -0.25) is 13.9 Å². The summed E-state index contributed by atoms with van der Waals surface area (Å²) in [6.45, 7) is 6.66. The number of amides is 2. The molecule has 0 saturated heterocycles. The van der Waals surface area contributed by atoms with E-state index in [9.17, 15) is 22.4 Å². The van der Waals surface area contributed by atoms with Gasteiger partial charge in [-0.25, -0.2) is 12.8 Å². The Hall–Kier alpha value is -3.43. The maximum absolute atomic E-state index is 13.8. The molecular formula is C29H33ClFN3O4S. The van der Waals surface area contributed by atoms with Gasteiger partial charge in [0.2, 0.25) is 11.8 Å². The van der Waals surface area contributed by atoms with Gasteiger partial charge in [0, 0.05) is 17.6 Å². The number of nitrogens with zero attached hydrogens (tertiary/aromatic N) is 2. The second kappa shape index (κ2) is 13.1. The van der Waals surface area contributed by atoms with Crippen LogP contribution in [0.4, 0.5) is 10.1 Å². The molecule has 0 saturated carbocycles. The summed E-state index contributed by atoms with van der Waals surface area (Å²) < 4.78 is 42.1. The topological polar surface area (TPSA) is 86.8 Å². The predicted octanol–water partition coefficient (Wildman–Crippen LogP) is 5.31. The van der Waals surface area contributed by atoms with Crippen LogP contribution in [-0.2, 0) is 26.2 Å². The van der Waals surface area contributed by atoms with Crippen LogP contribution in [0, 0.1) is 12.7 Å². The first-order valence-corrected chi connectivity index (χ1v) is 14.4. The average Bonchev–Trinajstić information content (AvgIpc) is 2.91. The standard InChI is InChI=1S/C29H33ClFN3O4S/c1-5-21(3)32-29(36)22(4)33(18-23-8-12-25(31)13-9-23)28(35)19-34(26-14-6-20(2)7-15-26)39(37,38)27-16-10-24(30)11-17-27/h6-17,21-22H,5,18-19H2,1-4H3,(H,32,36)/t21-,22+/m0/s1. The molecule has 0 aliphatic heterocycles. The highest BCUT2D eigenvalue weighted by Crippen LogP contribution is 2.26. The summed E-state index contributed by atoms with van der Waals surface area (Å²) in [5.74, 6) is -1.40. The molecule has 0 unspecified atom stereocenters. The number of aryl methyl sites for hydroxylation is 1. The van der Waals surface area contributed by atoms with Gasteiger partial charge >= 0.3 is 0 Å². The monoisotopic (exact) mass is 573 g/mol. The Bertz CT molecular complexity index is 1380. The molecule has 0 bridgehead atoms. The van der Waals surface area contributed by atoms with Gasteiger partial charge in [0.1, 0.15) is 18.4 Å². The molecule has 0 heterocycles. The van der Waals surface area contributed by atoms with Gasteiger partial charge in [0.15, 0.2) is 0 Å². The molecule has 0 radical (unpaired) electrons. The van der Waals surface area contributed by atoms with Gasteiger partial charge in [0.05, 0.1) is 10.6 Å². The SMILES string of the molecule is CC[C@H](C)NC(=O)[C@@H](C)N(Cc1ccc(F)cc1)C(=O)CN(c1ccc(C)cc1)S(=O)(=O)c1ccc(Cl)cc1. The Morgan fingerprint density at radius 2 is 1.54 bits per heavy atom. The Kier molecular flexibility index (Phi) is 10.1. The highest BCUT2D eigenvalue weighted by Gasteiger charge is 2.32. The predicted molar refractivity (Wildman–Crippen MR) is 151 cm³/mol. The lowest BCUT2D eigenvalue weighted by molar-refractivity contribution is -0.139. The number of nitrogens with one attached hydrogen (secondary N) is 1. The number of hydrogen-bond acceptors (Lipinski definition) is 4. The molecule has 10 heteroatoms. The van der Waals surface area contributed by atoms with E-state index in [1.165, 1.54) is 53.4 Å². The van der Waals surface area contributed by atoms with Crippen molar-refractivity contribution in [2.45, 2.75) is 57.6 Å². The Balaban J connectivity index is 2.01. The van der Waals surface area contributed by atoms with Crippen molar-refractivity contribution in [3.8, 4) is 0 Å². The maximum atomic E-state index is 13.8. The molecule has 3 aromatic carbocycles. The summed E-state index contributed by atoms with van der Waals surface area (Å²) >= 11 is 5.97. The zero-order valence-electron chi connectivity index (χ0n) is 22.4. The van der Waals surface area contributed by atoms with Crippen LogP contribution in [0.5, 0.6) is 0 Å². The molecule has 2 atom stereocenters. The summed E-state index contributed by atoms with van der Waals surface area (Å²) in [4.78, 5) is 28.2. The largest absolute Gasteiger partial charge is 0.352 e. The lowest BCUT2D eigenvalue weighted by Gasteiger charge is -2.32. The molecule has 39 heavy (non-hydrogen) atoms. The van der Waals surface area contributed by atoms with E-state index in [2.05, 4.69) is 5.32 Å². The van der Waals surface area contributed by atoms with E-state index in [1.807, 2.05) is 20.8 Å². The number of sulfonamides is 1. The van der Waals surface area contributed by atoms with Crippen molar-refractivity contribution in [1.82, 2.24) is 10.2 Å². The summed E-state index contributed by atoms with van der Waals surface area (Å²) in [6, 6.07) is 17.0. The summed E-state index contributed by atoms with van der Waals surface area (Å²) in [7, 11) is -4.18. The maximum Gasteiger partial charge on any atom is 0.264 e. The van der Waals surface area contributed by atoms with Gasteiger partial charge in [0.25, 0.3) is 10.0 Å². The van der Waals surface area contributed by atoms with E-state index >= 15 is 0 Å². The minimum absolute atomic E-state index is 0.0169. The van der Waals surface area contributed by atoms with Gasteiger partial charge in [-0.2, -0.15) is 0 Å². The van der Waals surface area contributed by atoms with Crippen LogP contribution in [0.3, 0.4) is 0 Å². The van der Waals surface area contributed by atoms with Gasteiger partial charge in [-0.05, 0) is 81.3 Å². The first-order chi connectivity index (χ1) is 18.4. The van der Waals surface area contributed by atoms with Gasteiger partial charge < -0.3 is 10.2 Å². The van der Waals surface area contributed by atoms with E-state index in [0.29, 0.717) is 22.7 Å². The third-order valence-corrected chi connectivity index (χ3v) is 8.48. The summed E-state index contributed by atoms with van der Waals surface area (Å²) in [5, 5.41) is 3.25. The molecule has 0 spiro atoms. The average molecular weight is 574 g/mol. The number of halogens is 2. The lowest BCUT2D eigenvalue weighted by atomic mass is 10.1. The molecule has 3 rings (SSSR count). The fourth-order valence-electron chi connectivity index (χ4n) is 3.81. The first kappa shape index (κ1) is 30.1. The van der Waals surface area contributed by atoms with Crippen LogP contribution in [0.25, 0.3) is 0 Å². The number of rotatable bonds is 11. The molecule has 3 aromatic rings. The molecular weight excluding hydrogens is 541 g/mol. The van der Waals surface area contributed by atoms with Crippen LogP contribution >= 0.6 is 11.6 Å². The summed E-state index contributed by atoms with van der Waals surface area (Å²) in [5.41, 5.74) is 1.81. The van der Waals surface area contributed by atoms with Crippen LogP contribution in [0.15, 0.2) is 77.7 Å². The van der Waals surface area contributed by atoms with Crippen LogP contribution in [0.2, 0.25) is 5.02 Å². The van der Waals surface area contributed by atoms with Crippen molar-refractivity contribution >= 4 is 39.1 Å². The van der Waals surface area contributed by atoms with Crippen molar-refractivity contribution in [3.05, 3.63) is 94.8 Å². The molecule has 1 N–H and O–H groups in total. The number of carbonyl (C=O) groups excluding carboxylic acids is 2. The quantitative estimate of drug-likeness (QED) is 0.337. The Labute approximate surface area is 234 Å². The Morgan fingerprint density at radius 1 is 0.949 bits per heavy atom. The number of hydrogen-bond donors (Lipinski definition) is 1. The molecule has 0 aliphatic carbocycles. The van der Waals surface area contributed by atoms with Crippen molar-refractivity contribution in [3.63, 3.8) is 0 Å². The molecule has 0 aromatic heterocycles. The molecule has 7 nitrogen and oxygen atoms in total. The molecule has 208 valence electrons. The normalized spacial score (nSPS) is 12.9. The fraction of sp³-hybridized carbons (Fsp3) is 0.310. The van der Waals surface area contributed by atoms with Crippen LogP contribution in [0.1, 0.15) is 38.3 Å². The second-order valence-electron chi connectivity index (χ2n) is 9.44. The minimum Gasteiger partial charge on any atom is -0.352 e. The third-order valence-electron chi connectivity index (χ3n) is 6.44. The summed E-state index contributed by atoms with van der Waals surface area (Å²) in [6.07, 6.45) is 0.699. The minimum atomic E-state index is -4.18. The smallest absolute Gasteiger partial charge is 0.264 e. The number of carbonyl (C=O) groups is 2. The van der Waals surface area contributed by atoms with Gasteiger partial charge in [-0.1, -0.05) is 48.4 Å². The van der Waals surface area contributed by atoms with E-state index < -0.39 is 34.3 Å². The van der Waals surface area contributed by atoms with Gasteiger partial charge in [-0.15, -0.1) is 0 Å². The van der Waals surface area contributed by atoms with Crippen LogP contribution < -0.4 is 9.62 Å². The third kappa shape index (κ3) is 7.80. The zero-order chi connectivity index (χ0) is 28.7. The van der Waals surface area contributed by atoms with Crippen molar-refractivity contribution in [2.24, 2.45) is 0 Å². The number of benzene rings is 3. The molecule has 2 amide bonds. The Morgan fingerprint density at radius 3 is 2.10 bits per heavy atom. The van der Waals surface area contributed by atoms with E-state index in [-0.39, 0.29) is 23.4 Å². The van der Waals surface area contributed by atoms with Crippen molar-refractivity contribution < 1.29 is 22.4 Å². The van der Waals surface area contributed by atoms with E-state index in [4.69, 9.17) is 11.6 Å². The van der Waals surface area contributed by atoms with Crippen LogP contribution in [-0.4, -0.2) is 43.8 Å². The number of anilines is 1. The lowest BCUT2D eigenvalue weighted by Crippen LogP contribution is -2.52. The zero-order valence-corrected chi connectivity index (χ0v) is 24.0. The highest BCUT2D eigenvalue weighted by molar-refractivity contribution is 7.92. The molecule has 0 aliphatic rings. The second-order valence-corrected chi connectivity index (χ2v) is 11.7. The van der Waals surface area contributed by atoms with E-state index in [0.717, 1.165) is 9.87 Å². The fourth-order valence-corrected chi connectivity index (χ4v) is 5.35. The van der Waals surface area contributed by atoms with Crippen molar-refractivity contribution in [2.75, 3.05) is 10.8 Å². The van der Waals surface area contributed by atoms with E-state index in [1.54, 1.807) is 31.2 Å².